The average molecular weight is 343 g/mol. The van der Waals surface area contributed by atoms with E-state index in [1.54, 1.807) is 29.8 Å². The summed E-state index contributed by atoms with van der Waals surface area (Å²) >= 11 is 0. The number of nitrogens with zero attached hydrogens (tertiary/aromatic N) is 2. The largest absolute Gasteiger partial charge is 0.478 e. The summed E-state index contributed by atoms with van der Waals surface area (Å²) in [6.45, 7) is 3.23. The van der Waals surface area contributed by atoms with Crippen LogP contribution < -0.4 is 5.32 Å². The molecule has 1 fully saturated rings. The predicted molar refractivity (Wildman–Crippen MR) is 92.1 cm³/mol. The van der Waals surface area contributed by atoms with Crippen molar-refractivity contribution in [2.24, 2.45) is 5.92 Å². The van der Waals surface area contributed by atoms with Crippen LogP contribution in [0.25, 0.3) is 5.69 Å². The first-order valence-corrected chi connectivity index (χ1v) is 8.30. The lowest BCUT2D eigenvalue weighted by molar-refractivity contribution is -0.116. The molecule has 2 N–H and O–H groups in total. The first kappa shape index (κ1) is 17.2. The average Bonchev–Trinajstić information content (AvgIpc) is 3.22. The van der Waals surface area contributed by atoms with E-state index in [2.05, 4.69) is 10.4 Å². The number of hydrogen-bond donors (Lipinski definition) is 2. The number of carboxylic acid groups (broad SMARTS) is 1. The molecule has 1 aliphatic rings. The number of nitrogens with one attached hydrogen (secondary N) is 1. The van der Waals surface area contributed by atoms with Crippen LogP contribution >= 0.6 is 0 Å². The van der Waals surface area contributed by atoms with Gasteiger partial charge in [0, 0.05) is 25.3 Å². The summed E-state index contributed by atoms with van der Waals surface area (Å²) in [7, 11) is 0. The molecule has 1 aromatic heterocycles. The van der Waals surface area contributed by atoms with Crippen molar-refractivity contribution >= 4 is 17.6 Å². The Morgan fingerprint density at radius 2 is 2.28 bits per heavy atom. The lowest BCUT2D eigenvalue weighted by Gasteiger charge is -2.10. The van der Waals surface area contributed by atoms with Gasteiger partial charge in [-0.05, 0) is 43.9 Å². The third-order valence-electron chi connectivity index (χ3n) is 4.42. The minimum Gasteiger partial charge on any atom is -0.478 e. The number of aromatic nitrogens is 2. The minimum absolute atomic E-state index is 0.0348. The topological polar surface area (TPSA) is 93.5 Å². The molecule has 7 heteroatoms. The van der Waals surface area contributed by atoms with Crippen LogP contribution in [0.15, 0.2) is 30.5 Å². The second-order valence-electron chi connectivity index (χ2n) is 6.23. The standard InChI is InChI=1S/C18H21N3O4/c1-12-16(18(23)24)10-19-21(12)15-4-2-3-14(9-15)20-17(22)6-5-13-7-8-25-11-13/h2-4,9-10,13H,5-8,11H2,1H3,(H,20,22)(H,23,24). The zero-order valence-electron chi connectivity index (χ0n) is 14.1. The van der Waals surface area contributed by atoms with Gasteiger partial charge < -0.3 is 15.2 Å². The fourth-order valence-corrected chi connectivity index (χ4v) is 2.96. The second kappa shape index (κ2) is 7.48. The molecule has 0 radical (unpaired) electrons. The zero-order valence-corrected chi connectivity index (χ0v) is 14.1. The van der Waals surface area contributed by atoms with Gasteiger partial charge in [-0.2, -0.15) is 5.10 Å². The third kappa shape index (κ3) is 4.06. The molecular weight excluding hydrogens is 322 g/mol. The van der Waals surface area contributed by atoms with Crippen molar-refractivity contribution in [1.29, 1.82) is 0 Å². The first-order valence-electron chi connectivity index (χ1n) is 8.30. The molecule has 3 rings (SSSR count). The Bertz CT molecular complexity index is 778. The maximum atomic E-state index is 12.1. The SMILES string of the molecule is Cc1c(C(=O)O)cnn1-c1cccc(NC(=O)CCC2CCOC2)c1. The fraction of sp³-hybridized carbons (Fsp3) is 0.389. The van der Waals surface area contributed by atoms with Crippen LogP contribution in [0.3, 0.4) is 0 Å². The number of carbonyl (C=O) groups excluding carboxylic acids is 1. The Hall–Kier alpha value is -2.67. The highest BCUT2D eigenvalue weighted by Crippen LogP contribution is 2.20. The Labute approximate surface area is 145 Å². The lowest BCUT2D eigenvalue weighted by Crippen LogP contribution is -2.14. The van der Waals surface area contributed by atoms with Gasteiger partial charge in [0.1, 0.15) is 5.56 Å². The molecule has 1 unspecified atom stereocenters. The van der Waals surface area contributed by atoms with Gasteiger partial charge in [-0.1, -0.05) is 6.07 Å². The molecule has 0 spiro atoms. The van der Waals surface area contributed by atoms with Crippen molar-refractivity contribution < 1.29 is 19.4 Å². The molecule has 2 heterocycles. The van der Waals surface area contributed by atoms with E-state index in [1.165, 1.54) is 6.20 Å². The number of carbonyl (C=O) groups is 2. The van der Waals surface area contributed by atoms with E-state index in [9.17, 15) is 9.59 Å². The van der Waals surface area contributed by atoms with Crippen LogP contribution in [0, 0.1) is 12.8 Å². The summed E-state index contributed by atoms with van der Waals surface area (Å²) in [6, 6.07) is 7.20. The maximum absolute atomic E-state index is 12.1. The summed E-state index contributed by atoms with van der Waals surface area (Å²) in [5.41, 5.74) is 2.06. The van der Waals surface area contributed by atoms with Gasteiger partial charge in [-0.15, -0.1) is 0 Å². The molecule has 7 nitrogen and oxygen atoms in total. The van der Waals surface area contributed by atoms with Crippen LogP contribution in [0.4, 0.5) is 5.69 Å². The molecular formula is C18H21N3O4. The van der Waals surface area contributed by atoms with E-state index in [1.807, 2.05) is 6.07 Å². The normalized spacial score (nSPS) is 16.8. The summed E-state index contributed by atoms with van der Waals surface area (Å²) < 4.78 is 6.87. The van der Waals surface area contributed by atoms with Gasteiger partial charge in [-0.3, -0.25) is 4.79 Å². The van der Waals surface area contributed by atoms with Crippen molar-refractivity contribution in [1.82, 2.24) is 9.78 Å². The fourth-order valence-electron chi connectivity index (χ4n) is 2.96. The number of amides is 1. The molecule has 1 saturated heterocycles. The van der Waals surface area contributed by atoms with Crippen LogP contribution in [-0.4, -0.2) is 40.0 Å². The zero-order chi connectivity index (χ0) is 17.8. The first-order chi connectivity index (χ1) is 12.0. The minimum atomic E-state index is -1.01. The van der Waals surface area contributed by atoms with E-state index >= 15 is 0 Å². The molecule has 0 aliphatic carbocycles. The predicted octanol–water partition coefficient (Wildman–Crippen LogP) is 2.63. The maximum Gasteiger partial charge on any atom is 0.339 e. The molecule has 1 aliphatic heterocycles. The number of hydrogen-bond acceptors (Lipinski definition) is 4. The van der Waals surface area contributed by atoms with Crippen LogP contribution in [0.2, 0.25) is 0 Å². The number of benzene rings is 1. The van der Waals surface area contributed by atoms with E-state index in [-0.39, 0.29) is 11.5 Å². The van der Waals surface area contributed by atoms with Gasteiger partial charge >= 0.3 is 5.97 Å². The Morgan fingerprint density at radius 3 is 2.96 bits per heavy atom. The van der Waals surface area contributed by atoms with E-state index < -0.39 is 5.97 Å². The van der Waals surface area contributed by atoms with Crippen molar-refractivity contribution in [3.05, 3.63) is 41.7 Å². The Kier molecular flexibility index (Phi) is 5.14. The van der Waals surface area contributed by atoms with Crippen molar-refractivity contribution in [3.63, 3.8) is 0 Å². The number of rotatable bonds is 6. The number of anilines is 1. The van der Waals surface area contributed by atoms with Gasteiger partial charge in [0.2, 0.25) is 5.91 Å². The smallest absolute Gasteiger partial charge is 0.339 e. The van der Waals surface area contributed by atoms with Gasteiger partial charge in [0.15, 0.2) is 0 Å². The Morgan fingerprint density at radius 1 is 1.44 bits per heavy atom. The molecule has 1 aromatic carbocycles. The van der Waals surface area contributed by atoms with Gasteiger partial charge in [0.05, 0.1) is 17.6 Å². The van der Waals surface area contributed by atoms with E-state index in [0.717, 1.165) is 26.1 Å². The highest BCUT2D eigenvalue weighted by atomic mass is 16.5. The highest BCUT2D eigenvalue weighted by Gasteiger charge is 2.17. The molecule has 2 aromatic rings. The molecule has 0 saturated carbocycles. The summed E-state index contributed by atoms with van der Waals surface area (Å²) in [5.74, 6) is -0.574. The summed E-state index contributed by atoms with van der Waals surface area (Å²) in [6.07, 6.45) is 3.63. The van der Waals surface area contributed by atoms with Crippen molar-refractivity contribution in [2.75, 3.05) is 18.5 Å². The number of carboxylic acids is 1. The number of aromatic carboxylic acids is 1. The van der Waals surface area contributed by atoms with Crippen molar-refractivity contribution in [2.45, 2.75) is 26.2 Å². The monoisotopic (exact) mass is 343 g/mol. The summed E-state index contributed by atoms with van der Waals surface area (Å²) in [4.78, 5) is 23.3. The lowest BCUT2D eigenvalue weighted by atomic mass is 10.0. The molecule has 25 heavy (non-hydrogen) atoms. The quantitative estimate of drug-likeness (QED) is 0.841. The molecule has 0 bridgehead atoms. The van der Waals surface area contributed by atoms with Crippen LogP contribution in [0.5, 0.6) is 0 Å². The van der Waals surface area contributed by atoms with Gasteiger partial charge in [-0.25, -0.2) is 9.48 Å². The Balaban J connectivity index is 1.67. The van der Waals surface area contributed by atoms with Crippen LogP contribution in [0.1, 0.15) is 35.3 Å². The van der Waals surface area contributed by atoms with E-state index in [0.29, 0.717) is 29.4 Å². The van der Waals surface area contributed by atoms with Crippen LogP contribution in [-0.2, 0) is 9.53 Å². The molecule has 1 amide bonds. The highest BCUT2D eigenvalue weighted by molar-refractivity contribution is 5.91. The van der Waals surface area contributed by atoms with Crippen molar-refractivity contribution in [3.8, 4) is 5.69 Å². The summed E-state index contributed by atoms with van der Waals surface area (Å²) in [5, 5.41) is 16.1. The number of ether oxygens (including phenoxy) is 1. The molecule has 1 atom stereocenters. The second-order valence-corrected chi connectivity index (χ2v) is 6.23. The van der Waals surface area contributed by atoms with E-state index in [4.69, 9.17) is 9.84 Å². The molecule has 132 valence electrons. The third-order valence-corrected chi connectivity index (χ3v) is 4.42. The van der Waals surface area contributed by atoms with Gasteiger partial charge in [0.25, 0.3) is 0 Å².